The molecule has 0 saturated heterocycles. The summed E-state index contributed by atoms with van der Waals surface area (Å²) in [4.78, 5) is 46.2. The zero-order chi connectivity index (χ0) is 26.1. The minimum Gasteiger partial charge on any atom is -0.469 e. The molecule has 0 heterocycles. The van der Waals surface area contributed by atoms with Crippen LogP contribution >= 0.6 is 0 Å². The van der Waals surface area contributed by atoms with Crippen LogP contribution in [0, 0.1) is 46.3 Å². The number of rotatable bonds is 10. The molecular weight excluding hydrogens is 464 g/mol. The van der Waals surface area contributed by atoms with Crippen LogP contribution in [0.3, 0.4) is 0 Å². The van der Waals surface area contributed by atoms with Crippen LogP contribution in [0.4, 0.5) is 0 Å². The Balaban J connectivity index is 1.66. The molecule has 0 spiro atoms. The second kappa shape index (κ2) is 10.7. The largest absolute Gasteiger partial charge is 0.469 e. The van der Waals surface area contributed by atoms with Gasteiger partial charge in [0.2, 0.25) is 0 Å². The van der Waals surface area contributed by atoms with E-state index >= 15 is 0 Å². The number of methoxy groups -OCH3 is 1. The fourth-order valence-corrected chi connectivity index (χ4v) is 9.40. The lowest BCUT2D eigenvalue weighted by molar-refractivity contribution is -0.218. The summed E-state index contributed by atoms with van der Waals surface area (Å²) in [5.74, 6) is 1.29. The van der Waals surface area contributed by atoms with E-state index in [4.69, 9.17) is 18.9 Å². The Morgan fingerprint density at radius 1 is 0.944 bits per heavy atom. The van der Waals surface area contributed by atoms with Crippen molar-refractivity contribution < 1.29 is 38.1 Å². The molecule has 36 heavy (non-hydrogen) atoms. The summed E-state index contributed by atoms with van der Waals surface area (Å²) >= 11 is 0. The number of carbonyl (C=O) groups is 4. The van der Waals surface area contributed by atoms with Crippen molar-refractivity contribution >= 4 is 25.4 Å². The molecule has 4 aliphatic carbocycles. The molecule has 4 aliphatic rings. The van der Waals surface area contributed by atoms with E-state index in [0.717, 1.165) is 51.4 Å². The van der Waals surface area contributed by atoms with Gasteiger partial charge in [0.1, 0.15) is 18.3 Å². The van der Waals surface area contributed by atoms with Crippen molar-refractivity contribution in [1.29, 1.82) is 0 Å². The number of ether oxygens (including phenoxy) is 4. The zero-order valence-electron chi connectivity index (χ0n) is 22.1. The minimum absolute atomic E-state index is 0.00341. The zero-order valence-corrected chi connectivity index (χ0v) is 22.1. The summed E-state index contributed by atoms with van der Waals surface area (Å²) in [5, 5.41) is 0. The van der Waals surface area contributed by atoms with Gasteiger partial charge in [-0.05, 0) is 86.4 Å². The molecule has 0 aromatic rings. The SMILES string of the molecule is COC(=O)CC[C@H](C)[C@H]1CC[C@H]2[C@@H]3[C@H](OC=O)C[C@@H]4C[C@H](OC=O)CC[C@]4(C)[C@H]3C[C@H](OC=O)[C@]12C. The molecule has 0 amide bonds. The maximum Gasteiger partial charge on any atom is 0.305 e. The predicted molar refractivity (Wildman–Crippen MR) is 129 cm³/mol. The first-order valence-electron chi connectivity index (χ1n) is 13.6. The molecule has 11 atom stereocenters. The Kier molecular flexibility index (Phi) is 8.01. The van der Waals surface area contributed by atoms with Gasteiger partial charge in [-0.1, -0.05) is 20.8 Å². The number of esters is 1. The summed E-state index contributed by atoms with van der Waals surface area (Å²) in [6, 6.07) is 0. The lowest BCUT2D eigenvalue weighted by Crippen LogP contribution is -2.63. The van der Waals surface area contributed by atoms with Crippen molar-refractivity contribution in [2.75, 3.05) is 7.11 Å². The molecule has 0 N–H and O–H groups in total. The average molecular weight is 507 g/mol. The Hall–Kier alpha value is -2.12. The van der Waals surface area contributed by atoms with Crippen molar-refractivity contribution in [3.8, 4) is 0 Å². The lowest BCUT2D eigenvalue weighted by Gasteiger charge is -2.64. The number of fused-ring (bicyclic) bond motifs is 5. The average Bonchev–Trinajstić information content (AvgIpc) is 3.22. The van der Waals surface area contributed by atoms with Crippen LogP contribution < -0.4 is 0 Å². The highest BCUT2D eigenvalue weighted by Gasteiger charge is 2.67. The van der Waals surface area contributed by atoms with Crippen LogP contribution in [-0.2, 0) is 38.1 Å². The molecule has 0 radical (unpaired) electrons. The minimum atomic E-state index is -0.261. The van der Waals surface area contributed by atoms with E-state index in [1.54, 1.807) is 0 Å². The molecular formula is C28H42O8. The van der Waals surface area contributed by atoms with Crippen LogP contribution in [0.2, 0.25) is 0 Å². The maximum atomic E-state index is 11.8. The number of hydrogen-bond acceptors (Lipinski definition) is 8. The fourth-order valence-electron chi connectivity index (χ4n) is 9.40. The molecule has 8 nitrogen and oxygen atoms in total. The van der Waals surface area contributed by atoms with E-state index < -0.39 is 0 Å². The third-order valence-electron chi connectivity index (χ3n) is 11.2. The normalized spacial score (nSPS) is 44.1. The van der Waals surface area contributed by atoms with E-state index in [9.17, 15) is 19.2 Å². The first-order chi connectivity index (χ1) is 17.2. The molecule has 0 aromatic carbocycles. The molecule has 4 saturated carbocycles. The van der Waals surface area contributed by atoms with Gasteiger partial charge in [-0.3, -0.25) is 19.2 Å². The van der Waals surface area contributed by atoms with Gasteiger partial charge in [-0.15, -0.1) is 0 Å². The molecule has 4 fully saturated rings. The van der Waals surface area contributed by atoms with Gasteiger partial charge in [0.25, 0.3) is 19.4 Å². The van der Waals surface area contributed by atoms with Gasteiger partial charge < -0.3 is 18.9 Å². The second-order valence-corrected chi connectivity index (χ2v) is 12.2. The summed E-state index contributed by atoms with van der Waals surface area (Å²) < 4.78 is 21.9. The van der Waals surface area contributed by atoms with Crippen LogP contribution in [-0.4, -0.2) is 50.8 Å². The smallest absolute Gasteiger partial charge is 0.305 e. The Bertz CT molecular complexity index is 830. The maximum absolute atomic E-state index is 11.8. The first kappa shape index (κ1) is 26.9. The van der Waals surface area contributed by atoms with Crippen molar-refractivity contribution in [3.63, 3.8) is 0 Å². The van der Waals surface area contributed by atoms with Crippen LogP contribution in [0.15, 0.2) is 0 Å². The Labute approximate surface area is 214 Å². The molecule has 4 rings (SSSR count). The number of hydrogen-bond donors (Lipinski definition) is 0. The summed E-state index contributed by atoms with van der Waals surface area (Å²) in [6.07, 6.45) is 6.58. The van der Waals surface area contributed by atoms with Gasteiger partial charge >= 0.3 is 5.97 Å². The summed E-state index contributed by atoms with van der Waals surface area (Å²) in [6.45, 7) is 8.52. The van der Waals surface area contributed by atoms with E-state index in [0.29, 0.717) is 25.8 Å². The fraction of sp³-hybridized carbons (Fsp3) is 0.857. The third-order valence-corrected chi connectivity index (χ3v) is 11.2. The Morgan fingerprint density at radius 3 is 2.33 bits per heavy atom. The van der Waals surface area contributed by atoms with Gasteiger partial charge in [0, 0.05) is 17.8 Å². The van der Waals surface area contributed by atoms with E-state index in [-0.39, 0.29) is 70.6 Å². The first-order valence-corrected chi connectivity index (χ1v) is 13.6. The number of carbonyl (C=O) groups excluding carboxylic acids is 4. The van der Waals surface area contributed by atoms with E-state index in [1.165, 1.54) is 7.11 Å². The molecule has 0 aromatic heterocycles. The molecule has 8 heteroatoms. The topological polar surface area (TPSA) is 105 Å². The molecule has 0 aliphatic heterocycles. The van der Waals surface area contributed by atoms with Gasteiger partial charge in [0.05, 0.1) is 7.11 Å². The van der Waals surface area contributed by atoms with Crippen LogP contribution in [0.1, 0.15) is 78.6 Å². The second-order valence-electron chi connectivity index (χ2n) is 12.2. The van der Waals surface area contributed by atoms with E-state index in [1.807, 2.05) is 0 Å². The van der Waals surface area contributed by atoms with Crippen molar-refractivity contribution in [3.05, 3.63) is 0 Å². The summed E-state index contributed by atoms with van der Waals surface area (Å²) in [5.41, 5.74) is -0.264. The van der Waals surface area contributed by atoms with Gasteiger partial charge in [-0.25, -0.2) is 0 Å². The highest BCUT2D eigenvalue weighted by molar-refractivity contribution is 5.69. The van der Waals surface area contributed by atoms with Crippen LogP contribution in [0.25, 0.3) is 0 Å². The lowest BCUT2D eigenvalue weighted by atomic mass is 9.43. The monoisotopic (exact) mass is 506 g/mol. The molecule has 0 bridgehead atoms. The van der Waals surface area contributed by atoms with Crippen molar-refractivity contribution in [1.82, 2.24) is 0 Å². The highest BCUT2D eigenvalue weighted by Crippen LogP contribution is 2.69. The van der Waals surface area contributed by atoms with Gasteiger partial charge in [0.15, 0.2) is 0 Å². The summed E-state index contributed by atoms with van der Waals surface area (Å²) in [7, 11) is 1.41. The quantitative estimate of drug-likeness (QED) is 0.248. The molecule has 202 valence electrons. The Morgan fingerprint density at radius 2 is 1.67 bits per heavy atom. The van der Waals surface area contributed by atoms with Crippen molar-refractivity contribution in [2.45, 2.75) is 96.9 Å². The van der Waals surface area contributed by atoms with Gasteiger partial charge in [-0.2, -0.15) is 0 Å². The van der Waals surface area contributed by atoms with Crippen molar-refractivity contribution in [2.24, 2.45) is 46.3 Å². The van der Waals surface area contributed by atoms with Crippen LogP contribution in [0.5, 0.6) is 0 Å². The predicted octanol–water partition coefficient (Wildman–Crippen LogP) is 4.08. The molecule has 0 unspecified atom stereocenters. The standard InChI is InChI=1S/C28H42O8/c1-17(5-8-25(32)33-4)20-6-7-21-26-22(13-24(36-16-31)28(20,21)3)27(2)10-9-19(34-14-29)11-18(27)12-23(26)35-15-30/h14-24,26H,5-13H2,1-4H3/t17-,18-,19+,20+,21-,22-,23+,24-,26-,27-,28+/m0/s1. The third kappa shape index (κ3) is 4.43. The van der Waals surface area contributed by atoms with E-state index in [2.05, 4.69) is 20.8 Å². The highest BCUT2D eigenvalue weighted by atomic mass is 16.5.